The van der Waals surface area contributed by atoms with Crippen LogP contribution in [0.2, 0.25) is 0 Å². The molecule has 1 aromatic heterocycles. The molecule has 0 atom stereocenters. The van der Waals surface area contributed by atoms with Crippen molar-refractivity contribution in [1.82, 2.24) is 4.98 Å². The summed E-state index contributed by atoms with van der Waals surface area (Å²) in [5.41, 5.74) is 5.11. The van der Waals surface area contributed by atoms with E-state index >= 15 is 0 Å². The number of hydrogen-bond donors (Lipinski definition) is 0. The number of anilines is 1. The molecular formula is C16H20N2. The fourth-order valence-corrected chi connectivity index (χ4v) is 2.94. The van der Waals surface area contributed by atoms with E-state index in [1.807, 2.05) is 0 Å². The van der Waals surface area contributed by atoms with Crippen molar-refractivity contribution in [2.45, 2.75) is 33.6 Å². The minimum absolute atomic E-state index is 1.16. The van der Waals surface area contributed by atoms with Crippen molar-refractivity contribution in [2.75, 3.05) is 18.0 Å². The molecule has 2 nitrogen and oxygen atoms in total. The number of pyridine rings is 1. The Morgan fingerprint density at radius 1 is 0.944 bits per heavy atom. The summed E-state index contributed by atoms with van der Waals surface area (Å²) in [6, 6.07) is 6.72. The molecule has 0 amide bonds. The van der Waals surface area contributed by atoms with Gasteiger partial charge in [-0.3, -0.25) is 0 Å². The van der Waals surface area contributed by atoms with E-state index in [0.717, 1.165) is 18.9 Å². The highest BCUT2D eigenvalue weighted by Gasteiger charge is 2.15. The minimum atomic E-state index is 1.16. The molecule has 1 fully saturated rings. The van der Waals surface area contributed by atoms with E-state index in [-0.39, 0.29) is 0 Å². The molecule has 1 aromatic carbocycles. The van der Waals surface area contributed by atoms with Crippen LogP contribution in [-0.4, -0.2) is 18.1 Å². The summed E-state index contributed by atoms with van der Waals surface area (Å²) in [6.45, 7) is 8.82. The second-order valence-electron chi connectivity index (χ2n) is 5.47. The lowest BCUT2D eigenvalue weighted by molar-refractivity contribution is 0.942. The Hall–Kier alpha value is -1.57. The highest BCUT2D eigenvalue weighted by molar-refractivity contribution is 5.87. The monoisotopic (exact) mass is 240 g/mol. The SMILES string of the molecule is Cc1cc(C)c2nc(N3CCCC3)cc(C)c2c1. The smallest absolute Gasteiger partial charge is 0.129 e. The quantitative estimate of drug-likeness (QED) is 0.754. The second kappa shape index (κ2) is 4.27. The van der Waals surface area contributed by atoms with Gasteiger partial charge in [0.05, 0.1) is 5.52 Å². The van der Waals surface area contributed by atoms with Gasteiger partial charge in [0.15, 0.2) is 0 Å². The number of aromatic nitrogens is 1. The fourth-order valence-electron chi connectivity index (χ4n) is 2.94. The van der Waals surface area contributed by atoms with E-state index in [9.17, 15) is 0 Å². The van der Waals surface area contributed by atoms with Crippen LogP contribution in [-0.2, 0) is 0 Å². The van der Waals surface area contributed by atoms with Crippen LogP contribution in [0, 0.1) is 20.8 Å². The van der Waals surface area contributed by atoms with Gasteiger partial charge in [0, 0.05) is 18.5 Å². The first-order valence-electron chi connectivity index (χ1n) is 6.79. The Kier molecular flexibility index (Phi) is 2.73. The van der Waals surface area contributed by atoms with Crippen molar-refractivity contribution >= 4 is 16.7 Å². The number of aryl methyl sites for hydroxylation is 3. The molecule has 2 heterocycles. The van der Waals surface area contributed by atoms with Crippen LogP contribution in [0.1, 0.15) is 29.5 Å². The number of nitrogens with zero attached hydrogens (tertiary/aromatic N) is 2. The third kappa shape index (κ3) is 1.86. The molecule has 1 aliphatic heterocycles. The fraction of sp³-hybridized carbons (Fsp3) is 0.438. The van der Waals surface area contributed by atoms with Crippen LogP contribution in [0.15, 0.2) is 18.2 Å². The maximum Gasteiger partial charge on any atom is 0.129 e. The van der Waals surface area contributed by atoms with Crippen LogP contribution in [0.3, 0.4) is 0 Å². The summed E-state index contributed by atoms with van der Waals surface area (Å²) in [5.74, 6) is 1.16. The zero-order valence-electron chi connectivity index (χ0n) is 11.5. The first kappa shape index (κ1) is 11.5. The minimum Gasteiger partial charge on any atom is -0.357 e. The summed E-state index contributed by atoms with van der Waals surface area (Å²) in [6.07, 6.45) is 2.59. The third-order valence-corrected chi connectivity index (χ3v) is 3.87. The molecule has 94 valence electrons. The van der Waals surface area contributed by atoms with Gasteiger partial charge in [-0.15, -0.1) is 0 Å². The lowest BCUT2D eigenvalue weighted by atomic mass is 10.0. The highest BCUT2D eigenvalue weighted by Crippen LogP contribution is 2.27. The van der Waals surface area contributed by atoms with Crippen LogP contribution < -0.4 is 4.90 Å². The molecule has 0 radical (unpaired) electrons. The molecule has 2 aromatic rings. The topological polar surface area (TPSA) is 16.1 Å². The lowest BCUT2D eigenvalue weighted by Gasteiger charge is -2.18. The molecule has 1 aliphatic rings. The third-order valence-electron chi connectivity index (χ3n) is 3.87. The van der Waals surface area contributed by atoms with Gasteiger partial charge >= 0.3 is 0 Å². The van der Waals surface area contributed by atoms with Crippen LogP contribution in [0.5, 0.6) is 0 Å². The zero-order chi connectivity index (χ0) is 12.7. The number of rotatable bonds is 1. The molecule has 3 rings (SSSR count). The summed E-state index contributed by atoms with van der Waals surface area (Å²) in [4.78, 5) is 7.29. The predicted octanol–water partition coefficient (Wildman–Crippen LogP) is 3.76. The number of fused-ring (bicyclic) bond motifs is 1. The van der Waals surface area contributed by atoms with Crippen molar-refractivity contribution in [2.24, 2.45) is 0 Å². The maximum absolute atomic E-state index is 4.88. The zero-order valence-corrected chi connectivity index (χ0v) is 11.5. The molecule has 2 heteroatoms. The average molecular weight is 240 g/mol. The van der Waals surface area contributed by atoms with Crippen molar-refractivity contribution in [3.8, 4) is 0 Å². The summed E-state index contributed by atoms with van der Waals surface area (Å²) < 4.78 is 0. The van der Waals surface area contributed by atoms with Gasteiger partial charge in [-0.2, -0.15) is 0 Å². The standard InChI is InChI=1S/C16H20N2/c1-11-8-13(3)16-14(9-11)12(2)10-15(17-16)18-6-4-5-7-18/h8-10H,4-7H2,1-3H3. The van der Waals surface area contributed by atoms with E-state index in [4.69, 9.17) is 4.98 Å². The summed E-state index contributed by atoms with van der Waals surface area (Å²) in [5, 5.41) is 1.30. The predicted molar refractivity (Wildman–Crippen MR) is 77.4 cm³/mol. The average Bonchev–Trinajstić information content (AvgIpc) is 2.83. The van der Waals surface area contributed by atoms with E-state index in [1.54, 1.807) is 0 Å². The summed E-state index contributed by atoms with van der Waals surface area (Å²) in [7, 11) is 0. The number of hydrogen-bond acceptors (Lipinski definition) is 2. The molecular weight excluding hydrogens is 220 g/mol. The van der Waals surface area contributed by atoms with E-state index in [2.05, 4.69) is 43.9 Å². The van der Waals surface area contributed by atoms with Crippen LogP contribution >= 0.6 is 0 Å². The molecule has 0 bridgehead atoms. The maximum atomic E-state index is 4.88. The van der Waals surface area contributed by atoms with Gasteiger partial charge in [0.2, 0.25) is 0 Å². The van der Waals surface area contributed by atoms with Crippen LogP contribution in [0.4, 0.5) is 5.82 Å². The largest absolute Gasteiger partial charge is 0.357 e. The Bertz CT molecular complexity index is 596. The molecule has 0 N–H and O–H groups in total. The Morgan fingerprint density at radius 3 is 2.39 bits per heavy atom. The van der Waals surface area contributed by atoms with E-state index in [1.165, 1.54) is 40.4 Å². The Labute approximate surface area is 109 Å². The molecule has 0 saturated carbocycles. The molecule has 0 unspecified atom stereocenters. The van der Waals surface area contributed by atoms with Gasteiger partial charge < -0.3 is 4.90 Å². The van der Waals surface area contributed by atoms with Crippen molar-refractivity contribution in [1.29, 1.82) is 0 Å². The van der Waals surface area contributed by atoms with Crippen molar-refractivity contribution in [3.05, 3.63) is 34.9 Å². The highest BCUT2D eigenvalue weighted by atomic mass is 15.2. The molecule has 1 saturated heterocycles. The molecule has 18 heavy (non-hydrogen) atoms. The first-order valence-corrected chi connectivity index (χ1v) is 6.79. The number of benzene rings is 1. The Morgan fingerprint density at radius 2 is 1.67 bits per heavy atom. The van der Waals surface area contributed by atoms with E-state index < -0.39 is 0 Å². The first-order chi connectivity index (χ1) is 8.65. The molecule has 0 aliphatic carbocycles. The van der Waals surface area contributed by atoms with Crippen molar-refractivity contribution in [3.63, 3.8) is 0 Å². The lowest BCUT2D eigenvalue weighted by Crippen LogP contribution is -2.19. The second-order valence-corrected chi connectivity index (χ2v) is 5.47. The molecule has 0 spiro atoms. The van der Waals surface area contributed by atoms with Crippen molar-refractivity contribution < 1.29 is 0 Å². The Balaban J connectivity index is 2.20. The van der Waals surface area contributed by atoms with Gasteiger partial charge in [-0.1, -0.05) is 11.6 Å². The van der Waals surface area contributed by atoms with Gasteiger partial charge in [-0.25, -0.2) is 4.98 Å². The van der Waals surface area contributed by atoms with Gasteiger partial charge in [-0.05, 0) is 56.9 Å². The normalized spacial score (nSPS) is 15.6. The van der Waals surface area contributed by atoms with E-state index in [0.29, 0.717) is 0 Å². The van der Waals surface area contributed by atoms with Crippen LogP contribution in [0.25, 0.3) is 10.9 Å². The van der Waals surface area contributed by atoms with Gasteiger partial charge in [0.1, 0.15) is 5.82 Å². The van der Waals surface area contributed by atoms with Gasteiger partial charge in [0.25, 0.3) is 0 Å². The summed E-state index contributed by atoms with van der Waals surface area (Å²) >= 11 is 0.